The SMILES string of the molecule is N#Cc1nnc(N2CCCC2)c2ccccc12. The van der Waals surface area contributed by atoms with Gasteiger partial charge in [0.15, 0.2) is 11.5 Å². The first-order chi connectivity index (χ1) is 8.40. The van der Waals surface area contributed by atoms with Crippen molar-refractivity contribution in [2.45, 2.75) is 12.8 Å². The van der Waals surface area contributed by atoms with Crippen molar-refractivity contribution < 1.29 is 0 Å². The maximum atomic E-state index is 9.03. The van der Waals surface area contributed by atoms with Crippen molar-refractivity contribution in [3.05, 3.63) is 30.0 Å². The van der Waals surface area contributed by atoms with E-state index in [1.807, 2.05) is 24.3 Å². The van der Waals surface area contributed by atoms with Crippen LogP contribution in [0.5, 0.6) is 0 Å². The van der Waals surface area contributed by atoms with E-state index >= 15 is 0 Å². The standard InChI is InChI=1S/C13H12N4/c14-9-12-10-5-1-2-6-11(10)13(16-15-12)17-7-3-4-8-17/h1-2,5-6H,3-4,7-8H2. The van der Waals surface area contributed by atoms with Crippen molar-refractivity contribution in [1.82, 2.24) is 10.2 Å². The number of hydrogen-bond donors (Lipinski definition) is 0. The van der Waals surface area contributed by atoms with Crippen LogP contribution >= 0.6 is 0 Å². The third-order valence-electron chi connectivity index (χ3n) is 3.18. The molecule has 4 heteroatoms. The summed E-state index contributed by atoms with van der Waals surface area (Å²) in [5.41, 5.74) is 0.406. The van der Waals surface area contributed by atoms with Crippen LogP contribution in [0.2, 0.25) is 0 Å². The van der Waals surface area contributed by atoms with Crippen molar-refractivity contribution >= 4 is 16.6 Å². The average molecular weight is 224 g/mol. The first-order valence-corrected chi connectivity index (χ1v) is 5.80. The summed E-state index contributed by atoms with van der Waals surface area (Å²) < 4.78 is 0. The molecule has 1 fully saturated rings. The van der Waals surface area contributed by atoms with Crippen LogP contribution in [-0.2, 0) is 0 Å². The van der Waals surface area contributed by atoms with E-state index in [4.69, 9.17) is 5.26 Å². The van der Waals surface area contributed by atoms with E-state index in [1.165, 1.54) is 12.8 Å². The maximum absolute atomic E-state index is 9.03. The molecule has 2 aromatic rings. The Morgan fingerprint density at radius 3 is 2.47 bits per heavy atom. The Kier molecular flexibility index (Phi) is 2.37. The normalized spacial score (nSPS) is 15.1. The van der Waals surface area contributed by atoms with Gasteiger partial charge in [-0.05, 0) is 12.8 Å². The Balaban J connectivity index is 2.23. The zero-order valence-electron chi connectivity index (χ0n) is 9.43. The molecule has 1 aliphatic rings. The lowest BCUT2D eigenvalue weighted by molar-refractivity contribution is 0.901. The summed E-state index contributed by atoms with van der Waals surface area (Å²) in [5, 5.41) is 19.2. The quantitative estimate of drug-likeness (QED) is 0.744. The summed E-state index contributed by atoms with van der Waals surface area (Å²) in [6.45, 7) is 2.06. The summed E-state index contributed by atoms with van der Waals surface area (Å²) in [6.07, 6.45) is 2.41. The molecule has 1 aromatic carbocycles. The molecule has 0 amide bonds. The fourth-order valence-electron chi connectivity index (χ4n) is 2.33. The van der Waals surface area contributed by atoms with Gasteiger partial charge in [-0.2, -0.15) is 5.26 Å². The van der Waals surface area contributed by atoms with Crippen LogP contribution in [0.15, 0.2) is 24.3 Å². The molecule has 1 aromatic heterocycles. The van der Waals surface area contributed by atoms with Crippen molar-refractivity contribution in [2.75, 3.05) is 18.0 Å². The minimum absolute atomic E-state index is 0.406. The number of nitriles is 1. The molecule has 0 spiro atoms. The molecule has 2 heterocycles. The molecule has 1 aliphatic heterocycles. The largest absolute Gasteiger partial charge is 0.355 e. The highest BCUT2D eigenvalue weighted by Crippen LogP contribution is 2.27. The average Bonchev–Trinajstić information content (AvgIpc) is 2.91. The molecule has 0 saturated carbocycles. The number of fused-ring (bicyclic) bond motifs is 1. The molecule has 0 unspecified atom stereocenters. The van der Waals surface area contributed by atoms with E-state index in [-0.39, 0.29) is 0 Å². The lowest BCUT2D eigenvalue weighted by Crippen LogP contribution is -2.20. The van der Waals surface area contributed by atoms with E-state index in [0.717, 1.165) is 29.7 Å². The fraction of sp³-hybridized carbons (Fsp3) is 0.308. The minimum atomic E-state index is 0.406. The van der Waals surface area contributed by atoms with E-state index in [1.54, 1.807) is 0 Å². The van der Waals surface area contributed by atoms with E-state index < -0.39 is 0 Å². The molecule has 1 saturated heterocycles. The van der Waals surface area contributed by atoms with Crippen LogP contribution in [-0.4, -0.2) is 23.3 Å². The Labute approximate surface area is 99.5 Å². The lowest BCUT2D eigenvalue weighted by Gasteiger charge is -2.17. The van der Waals surface area contributed by atoms with Crippen molar-refractivity contribution in [1.29, 1.82) is 5.26 Å². The van der Waals surface area contributed by atoms with Crippen LogP contribution < -0.4 is 4.90 Å². The molecular weight excluding hydrogens is 212 g/mol. The van der Waals surface area contributed by atoms with Gasteiger partial charge in [0.1, 0.15) is 6.07 Å². The van der Waals surface area contributed by atoms with Crippen molar-refractivity contribution in [3.8, 4) is 6.07 Å². The summed E-state index contributed by atoms with van der Waals surface area (Å²) >= 11 is 0. The minimum Gasteiger partial charge on any atom is -0.355 e. The highest BCUT2D eigenvalue weighted by Gasteiger charge is 2.17. The topological polar surface area (TPSA) is 52.8 Å². The van der Waals surface area contributed by atoms with Gasteiger partial charge in [-0.3, -0.25) is 0 Å². The summed E-state index contributed by atoms with van der Waals surface area (Å²) in [4.78, 5) is 2.25. The number of benzene rings is 1. The molecule has 84 valence electrons. The van der Waals surface area contributed by atoms with Crippen LogP contribution in [0, 0.1) is 11.3 Å². The molecule has 0 bridgehead atoms. The second kappa shape index (κ2) is 4.02. The maximum Gasteiger partial charge on any atom is 0.171 e. The third-order valence-corrected chi connectivity index (χ3v) is 3.18. The predicted octanol–water partition coefficient (Wildman–Crippen LogP) is 2.10. The predicted molar refractivity (Wildman–Crippen MR) is 65.7 cm³/mol. The number of aromatic nitrogens is 2. The van der Waals surface area contributed by atoms with Crippen LogP contribution in [0.4, 0.5) is 5.82 Å². The van der Waals surface area contributed by atoms with Crippen molar-refractivity contribution in [3.63, 3.8) is 0 Å². The molecule has 3 rings (SSSR count). The van der Waals surface area contributed by atoms with Gasteiger partial charge in [0.05, 0.1) is 0 Å². The van der Waals surface area contributed by atoms with E-state index in [9.17, 15) is 0 Å². The molecule has 0 radical (unpaired) electrons. The Bertz CT molecular complexity index is 594. The molecule has 0 aliphatic carbocycles. The summed E-state index contributed by atoms with van der Waals surface area (Å²) in [7, 11) is 0. The second-order valence-corrected chi connectivity index (χ2v) is 4.22. The highest BCUT2D eigenvalue weighted by molar-refractivity contribution is 5.94. The molecule has 17 heavy (non-hydrogen) atoms. The first kappa shape index (κ1) is 10.0. The Hall–Kier alpha value is -2.15. The summed E-state index contributed by atoms with van der Waals surface area (Å²) in [6, 6.07) is 9.95. The third kappa shape index (κ3) is 1.60. The van der Waals surface area contributed by atoms with Gasteiger partial charge in [-0.25, -0.2) is 0 Å². The monoisotopic (exact) mass is 224 g/mol. The summed E-state index contributed by atoms with van der Waals surface area (Å²) in [5.74, 6) is 0.914. The molecule has 0 atom stereocenters. The Morgan fingerprint density at radius 1 is 1.06 bits per heavy atom. The number of hydrogen-bond acceptors (Lipinski definition) is 4. The molecular formula is C13H12N4. The zero-order chi connectivity index (χ0) is 11.7. The van der Waals surface area contributed by atoms with E-state index in [2.05, 4.69) is 21.2 Å². The van der Waals surface area contributed by atoms with Crippen molar-refractivity contribution in [2.24, 2.45) is 0 Å². The molecule has 4 nitrogen and oxygen atoms in total. The number of anilines is 1. The van der Waals surface area contributed by atoms with Gasteiger partial charge in [-0.15, -0.1) is 10.2 Å². The van der Waals surface area contributed by atoms with Gasteiger partial charge in [-0.1, -0.05) is 24.3 Å². The zero-order valence-corrected chi connectivity index (χ0v) is 9.43. The number of nitrogens with zero attached hydrogens (tertiary/aromatic N) is 4. The highest BCUT2D eigenvalue weighted by atomic mass is 15.3. The molecule has 0 N–H and O–H groups in total. The van der Waals surface area contributed by atoms with Gasteiger partial charge < -0.3 is 4.90 Å². The lowest BCUT2D eigenvalue weighted by atomic mass is 10.1. The van der Waals surface area contributed by atoms with Gasteiger partial charge >= 0.3 is 0 Å². The first-order valence-electron chi connectivity index (χ1n) is 5.80. The van der Waals surface area contributed by atoms with Gasteiger partial charge in [0, 0.05) is 23.9 Å². The number of rotatable bonds is 1. The fourth-order valence-corrected chi connectivity index (χ4v) is 2.33. The van der Waals surface area contributed by atoms with Crippen LogP contribution in [0.3, 0.4) is 0 Å². The Morgan fingerprint density at radius 2 is 1.76 bits per heavy atom. The van der Waals surface area contributed by atoms with E-state index in [0.29, 0.717) is 5.69 Å². The van der Waals surface area contributed by atoms with Gasteiger partial charge in [0.2, 0.25) is 0 Å². The van der Waals surface area contributed by atoms with Crippen LogP contribution in [0.25, 0.3) is 10.8 Å². The smallest absolute Gasteiger partial charge is 0.171 e. The second-order valence-electron chi connectivity index (χ2n) is 4.22. The van der Waals surface area contributed by atoms with Gasteiger partial charge in [0.25, 0.3) is 0 Å². The van der Waals surface area contributed by atoms with Crippen LogP contribution in [0.1, 0.15) is 18.5 Å².